The molecule has 0 radical (unpaired) electrons. The number of likely N-dealkylation sites (tertiary alicyclic amines) is 1. The molecule has 1 N–H and O–H groups in total. The van der Waals surface area contributed by atoms with Crippen LogP contribution in [0.15, 0.2) is 48.7 Å². The van der Waals surface area contributed by atoms with Gasteiger partial charge in [-0.3, -0.25) is 9.59 Å². The van der Waals surface area contributed by atoms with Crippen LogP contribution in [0.3, 0.4) is 0 Å². The lowest BCUT2D eigenvalue weighted by atomic mass is 9.62. The first-order valence-electron chi connectivity index (χ1n) is 11.0. The highest BCUT2D eigenvalue weighted by Crippen LogP contribution is 2.51. The number of carbonyl (C=O) groups excluding carboxylic acids is 2. The number of carbonyl (C=O) groups is 2. The Kier molecular flexibility index (Phi) is 6.61. The van der Waals surface area contributed by atoms with Crippen molar-refractivity contribution in [2.75, 3.05) is 26.7 Å². The number of ether oxygens (including phenoxy) is 1. The first-order chi connectivity index (χ1) is 16.1. The number of rotatable bonds is 4. The Labute approximate surface area is 200 Å². The van der Waals surface area contributed by atoms with E-state index in [1.807, 2.05) is 6.07 Å². The molecule has 4 rings (SSSR count). The highest BCUT2D eigenvalue weighted by atomic mass is 35.5. The fourth-order valence-corrected chi connectivity index (χ4v) is 5.59. The summed E-state index contributed by atoms with van der Waals surface area (Å²) in [5.41, 5.74) is -3.12. The molecule has 0 bridgehead atoms. The Hall–Kier alpha value is -2.65. The third-order valence-electron chi connectivity index (χ3n) is 7.15. The van der Waals surface area contributed by atoms with Gasteiger partial charge in [0.25, 0.3) is 11.5 Å². The Morgan fingerprint density at radius 2 is 1.85 bits per heavy atom. The zero-order valence-corrected chi connectivity index (χ0v) is 19.3. The zero-order chi connectivity index (χ0) is 24.6. The lowest BCUT2D eigenvalue weighted by Gasteiger charge is -2.50. The molecule has 2 atom stereocenters. The molecule has 1 spiro atoms. The quantitative estimate of drug-likeness (QED) is 0.650. The molecule has 6 nitrogen and oxygen atoms in total. The van der Waals surface area contributed by atoms with Crippen LogP contribution in [-0.4, -0.2) is 54.6 Å². The smallest absolute Gasteiger partial charge is 0.356 e. The van der Waals surface area contributed by atoms with Gasteiger partial charge in [0, 0.05) is 50.8 Å². The van der Waals surface area contributed by atoms with Crippen LogP contribution in [0.1, 0.15) is 36.3 Å². The molecule has 2 aromatic rings. The first kappa shape index (κ1) is 24.5. The van der Waals surface area contributed by atoms with E-state index in [4.69, 9.17) is 16.3 Å². The first-order valence-corrected chi connectivity index (χ1v) is 11.4. The topological polar surface area (TPSA) is 71.5 Å². The molecular weight excluding hydrogens is 471 g/mol. The minimum absolute atomic E-state index is 0.0640. The molecule has 3 heterocycles. The average molecular weight is 496 g/mol. The Morgan fingerprint density at radius 3 is 2.44 bits per heavy atom. The predicted octanol–water partition coefficient (Wildman–Crippen LogP) is 4.05. The fourth-order valence-electron chi connectivity index (χ4n) is 5.34. The van der Waals surface area contributed by atoms with Crippen molar-refractivity contribution in [2.45, 2.75) is 37.0 Å². The van der Waals surface area contributed by atoms with Crippen molar-refractivity contribution < 1.29 is 27.5 Å². The predicted molar refractivity (Wildman–Crippen MR) is 119 cm³/mol. The maximum Gasteiger partial charge on any atom is 0.430 e. The standard InChI is InChI=1S/C24H25ClF3N3O3/c1-34-23(24(26,27)28,16-6-3-2-4-7-16)21(33)31-12-9-22(10-13-31)14-19(32)30-15-18(22)17-8-5-11-29-20(17)25/h2-8,11,18H,9-10,12-15H2,1H3,(H,30,32)/t18?,23-/m1/s1. The lowest BCUT2D eigenvalue weighted by molar-refractivity contribution is -0.271. The van der Waals surface area contributed by atoms with Gasteiger partial charge in [-0.2, -0.15) is 13.2 Å². The van der Waals surface area contributed by atoms with Crippen LogP contribution in [-0.2, 0) is 19.9 Å². The van der Waals surface area contributed by atoms with Crippen molar-refractivity contribution in [1.29, 1.82) is 0 Å². The van der Waals surface area contributed by atoms with Crippen molar-refractivity contribution in [3.05, 3.63) is 64.9 Å². The summed E-state index contributed by atoms with van der Waals surface area (Å²) in [5, 5.41) is 3.20. The normalized spacial score (nSPS) is 22.2. The number of alkyl halides is 3. The van der Waals surface area contributed by atoms with Crippen molar-refractivity contribution >= 4 is 23.4 Å². The highest BCUT2D eigenvalue weighted by molar-refractivity contribution is 6.30. The molecule has 2 aliphatic rings. The van der Waals surface area contributed by atoms with Crippen LogP contribution < -0.4 is 5.32 Å². The Bertz CT molecular complexity index is 1060. The minimum atomic E-state index is -4.97. The Balaban J connectivity index is 1.63. The van der Waals surface area contributed by atoms with E-state index in [9.17, 15) is 22.8 Å². The Morgan fingerprint density at radius 1 is 1.18 bits per heavy atom. The van der Waals surface area contributed by atoms with E-state index >= 15 is 0 Å². The van der Waals surface area contributed by atoms with Gasteiger partial charge in [0.1, 0.15) is 5.15 Å². The van der Waals surface area contributed by atoms with Crippen molar-refractivity contribution in [3.63, 3.8) is 0 Å². The molecule has 2 fully saturated rings. The summed E-state index contributed by atoms with van der Waals surface area (Å²) in [4.78, 5) is 31.1. The number of pyridine rings is 1. The summed E-state index contributed by atoms with van der Waals surface area (Å²) in [6.45, 7) is 0.482. The average Bonchev–Trinajstić information content (AvgIpc) is 2.81. The molecule has 0 aliphatic carbocycles. The van der Waals surface area contributed by atoms with E-state index < -0.39 is 23.1 Å². The summed E-state index contributed by atoms with van der Waals surface area (Å²) < 4.78 is 48.0. The summed E-state index contributed by atoms with van der Waals surface area (Å²) in [7, 11) is 0.899. The van der Waals surface area contributed by atoms with E-state index in [0.29, 0.717) is 24.5 Å². The largest absolute Gasteiger partial charge is 0.430 e. The monoisotopic (exact) mass is 495 g/mol. The number of nitrogens with zero attached hydrogens (tertiary/aromatic N) is 2. The summed E-state index contributed by atoms with van der Waals surface area (Å²) in [5.74, 6) is -1.44. The molecule has 10 heteroatoms. The minimum Gasteiger partial charge on any atom is -0.356 e. The van der Waals surface area contributed by atoms with Gasteiger partial charge in [0.15, 0.2) is 0 Å². The van der Waals surface area contributed by atoms with Gasteiger partial charge in [-0.05, 0) is 29.9 Å². The highest BCUT2D eigenvalue weighted by Gasteiger charge is 2.64. The van der Waals surface area contributed by atoms with Crippen LogP contribution in [0.25, 0.3) is 0 Å². The molecule has 34 heavy (non-hydrogen) atoms. The second-order valence-electron chi connectivity index (χ2n) is 8.82. The zero-order valence-electron chi connectivity index (χ0n) is 18.6. The second kappa shape index (κ2) is 9.19. The van der Waals surface area contributed by atoms with Crippen molar-refractivity contribution in [3.8, 4) is 0 Å². The summed E-state index contributed by atoms with van der Waals surface area (Å²) in [6.07, 6.45) is -2.47. The van der Waals surface area contributed by atoms with E-state index in [0.717, 1.165) is 12.7 Å². The SMILES string of the molecule is CO[C@@](C(=O)N1CCC2(CC1)CC(=O)NCC2c1cccnc1Cl)(c1ccccc1)C(F)(F)F. The van der Waals surface area contributed by atoms with Crippen LogP contribution in [0.5, 0.6) is 0 Å². The lowest BCUT2D eigenvalue weighted by Crippen LogP contribution is -2.60. The van der Waals surface area contributed by atoms with E-state index in [1.165, 1.54) is 29.2 Å². The maximum atomic E-state index is 14.3. The number of piperidine rings is 2. The number of methoxy groups -OCH3 is 1. The summed E-state index contributed by atoms with van der Waals surface area (Å²) >= 11 is 6.34. The van der Waals surface area contributed by atoms with Gasteiger partial charge in [0.2, 0.25) is 5.91 Å². The molecule has 2 amide bonds. The summed E-state index contributed by atoms with van der Waals surface area (Å²) in [6, 6.07) is 10.6. The molecule has 0 saturated carbocycles. The third-order valence-corrected chi connectivity index (χ3v) is 7.47. The molecule has 1 unspecified atom stereocenters. The molecular formula is C24H25ClF3N3O3. The number of amides is 2. The fraction of sp³-hybridized carbons (Fsp3) is 0.458. The van der Waals surface area contributed by atoms with Crippen LogP contribution in [0.4, 0.5) is 13.2 Å². The van der Waals surface area contributed by atoms with Gasteiger partial charge in [-0.15, -0.1) is 0 Å². The van der Waals surface area contributed by atoms with Crippen molar-refractivity contribution in [1.82, 2.24) is 15.2 Å². The molecule has 2 saturated heterocycles. The van der Waals surface area contributed by atoms with E-state index in [-0.39, 0.29) is 36.9 Å². The third kappa shape index (κ3) is 4.05. The molecule has 2 aliphatic heterocycles. The van der Waals surface area contributed by atoms with Gasteiger partial charge in [-0.25, -0.2) is 4.98 Å². The molecule has 1 aromatic carbocycles. The van der Waals surface area contributed by atoms with Gasteiger partial charge >= 0.3 is 6.18 Å². The maximum absolute atomic E-state index is 14.3. The number of hydrogen-bond donors (Lipinski definition) is 1. The van der Waals surface area contributed by atoms with Crippen molar-refractivity contribution in [2.24, 2.45) is 5.41 Å². The molecule has 1 aromatic heterocycles. The number of hydrogen-bond acceptors (Lipinski definition) is 4. The second-order valence-corrected chi connectivity index (χ2v) is 9.18. The van der Waals surface area contributed by atoms with Gasteiger partial charge in [0.05, 0.1) is 0 Å². The number of halogens is 4. The van der Waals surface area contributed by atoms with Crippen LogP contribution >= 0.6 is 11.6 Å². The van der Waals surface area contributed by atoms with Crippen LogP contribution in [0.2, 0.25) is 5.15 Å². The van der Waals surface area contributed by atoms with E-state index in [2.05, 4.69) is 10.3 Å². The van der Waals surface area contributed by atoms with Gasteiger partial charge < -0.3 is 15.0 Å². The number of aromatic nitrogens is 1. The van der Waals surface area contributed by atoms with E-state index in [1.54, 1.807) is 18.3 Å². The number of benzene rings is 1. The van der Waals surface area contributed by atoms with Crippen LogP contribution in [0, 0.1) is 5.41 Å². The van der Waals surface area contributed by atoms with Gasteiger partial charge in [-0.1, -0.05) is 48.0 Å². The molecule has 182 valence electrons. The number of nitrogens with one attached hydrogen (secondary N) is 1.